The number of aromatic nitrogens is 2. The van der Waals surface area contributed by atoms with Gasteiger partial charge >= 0.3 is 0 Å². The summed E-state index contributed by atoms with van der Waals surface area (Å²) in [5, 5.41) is 6.45. The molecule has 0 bridgehead atoms. The molecule has 0 spiro atoms. The van der Waals surface area contributed by atoms with E-state index in [9.17, 15) is 18.0 Å². The Morgan fingerprint density at radius 1 is 1.18 bits per heavy atom. The Morgan fingerprint density at radius 3 is 2.36 bits per heavy atom. The first-order valence-corrected chi connectivity index (χ1v) is 6.60. The van der Waals surface area contributed by atoms with Crippen LogP contribution in [0.3, 0.4) is 0 Å². The highest BCUT2D eigenvalue weighted by Crippen LogP contribution is 2.23. The fraction of sp³-hybridized carbons (Fsp3) is 0.333. The summed E-state index contributed by atoms with van der Waals surface area (Å²) in [6.45, 7) is 5.81. The number of halogens is 3. The van der Waals surface area contributed by atoms with Crippen LogP contribution >= 0.6 is 0 Å². The van der Waals surface area contributed by atoms with Crippen molar-refractivity contribution in [2.45, 2.75) is 26.2 Å². The molecule has 0 aliphatic heterocycles. The average molecular weight is 311 g/mol. The van der Waals surface area contributed by atoms with E-state index in [1.54, 1.807) is 13.1 Å². The summed E-state index contributed by atoms with van der Waals surface area (Å²) in [5.74, 6) is -5.04. The van der Waals surface area contributed by atoms with Crippen LogP contribution in [0.2, 0.25) is 0 Å². The number of nitrogens with zero attached hydrogens (tertiary/aromatic N) is 2. The molecule has 0 fully saturated rings. The number of anilines is 1. The standard InChI is InChI=1S/C15H16F3N3O/c1-15(2,3)11-7-10(21(4)20-11)14(22)19-9-6-5-8(16)12(17)13(9)18/h5-7H,1-4H3,(H,19,22). The van der Waals surface area contributed by atoms with Gasteiger partial charge < -0.3 is 5.32 Å². The van der Waals surface area contributed by atoms with E-state index < -0.39 is 29.0 Å². The molecule has 0 atom stereocenters. The van der Waals surface area contributed by atoms with E-state index in [4.69, 9.17) is 0 Å². The molecule has 7 heteroatoms. The summed E-state index contributed by atoms with van der Waals surface area (Å²) in [6.07, 6.45) is 0. The maximum absolute atomic E-state index is 13.6. The van der Waals surface area contributed by atoms with Gasteiger partial charge in [0.2, 0.25) is 0 Å². The maximum atomic E-state index is 13.6. The van der Waals surface area contributed by atoms with Gasteiger partial charge in [0.05, 0.1) is 11.4 Å². The normalized spacial score (nSPS) is 11.6. The number of hydrogen-bond acceptors (Lipinski definition) is 2. The molecule has 0 aliphatic rings. The van der Waals surface area contributed by atoms with Gasteiger partial charge in [-0.15, -0.1) is 0 Å². The highest BCUT2D eigenvalue weighted by molar-refractivity contribution is 6.03. The molecule has 1 amide bonds. The first-order valence-electron chi connectivity index (χ1n) is 6.60. The Balaban J connectivity index is 2.31. The predicted octanol–water partition coefficient (Wildman–Crippen LogP) is 3.39. The van der Waals surface area contributed by atoms with Crippen molar-refractivity contribution in [2.75, 3.05) is 5.32 Å². The summed E-state index contributed by atoms with van der Waals surface area (Å²) in [6, 6.07) is 3.29. The van der Waals surface area contributed by atoms with Crippen LogP contribution in [-0.2, 0) is 12.5 Å². The monoisotopic (exact) mass is 311 g/mol. The van der Waals surface area contributed by atoms with Crippen LogP contribution in [0.4, 0.5) is 18.9 Å². The smallest absolute Gasteiger partial charge is 0.274 e. The van der Waals surface area contributed by atoms with Crippen molar-refractivity contribution in [2.24, 2.45) is 7.05 Å². The van der Waals surface area contributed by atoms with Gasteiger partial charge in [-0.1, -0.05) is 20.8 Å². The number of carbonyl (C=O) groups is 1. The third kappa shape index (κ3) is 2.98. The number of aryl methyl sites for hydroxylation is 1. The highest BCUT2D eigenvalue weighted by atomic mass is 19.2. The number of carbonyl (C=O) groups excluding carboxylic acids is 1. The Hall–Kier alpha value is -2.31. The lowest BCUT2D eigenvalue weighted by Crippen LogP contribution is -2.17. The topological polar surface area (TPSA) is 46.9 Å². The van der Waals surface area contributed by atoms with Gasteiger partial charge in [0.15, 0.2) is 17.5 Å². The second-order valence-corrected chi connectivity index (χ2v) is 5.97. The predicted molar refractivity (Wildman–Crippen MR) is 76.2 cm³/mol. The second-order valence-electron chi connectivity index (χ2n) is 5.97. The van der Waals surface area contributed by atoms with E-state index in [-0.39, 0.29) is 11.1 Å². The van der Waals surface area contributed by atoms with Gasteiger partial charge in [-0.25, -0.2) is 13.2 Å². The molecule has 0 saturated carbocycles. The molecule has 4 nitrogen and oxygen atoms in total. The molecule has 22 heavy (non-hydrogen) atoms. The minimum Gasteiger partial charge on any atom is -0.318 e. The van der Waals surface area contributed by atoms with Gasteiger partial charge in [0.25, 0.3) is 5.91 Å². The Bertz CT molecular complexity index is 732. The SMILES string of the molecule is Cn1nc(C(C)(C)C)cc1C(=O)Nc1ccc(F)c(F)c1F. The van der Waals surface area contributed by atoms with E-state index in [1.165, 1.54) is 4.68 Å². The molecule has 1 aromatic heterocycles. The molecule has 2 rings (SSSR count). The van der Waals surface area contributed by atoms with Crippen molar-refractivity contribution < 1.29 is 18.0 Å². The van der Waals surface area contributed by atoms with Crippen LogP contribution < -0.4 is 5.32 Å². The van der Waals surface area contributed by atoms with E-state index >= 15 is 0 Å². The van der Waals surface area contributed by atoms with Crippen molar-refractivity contribution in [1.29, 1.82) is 0 Å². The van der Waals surface area contributed by atoms with E-state index in [1.807, 2.05) is 20.8 Å². The summed E-state index contributed by atoms with van der Waals surface area (Å²) >= 11 is 0. The van der Waals surface area contributed by atoms with Gasteiger partial charge in [0, 0.05) is 12.5 Å². The minimum atomic E-state index is -1.63. The molecule has 118 valence electrons. The Morgan fingerprint density at radius 2 is 1.82 bits per heavy atom. The average Bonchev–Trinajstić information content (AvgIpc) is 2.81. The molecule has 2 aromatic rings. The molecule has 0 unspecified atom stereocenters. The van der Waals surface area contributed by atoms with Gasteiger partial charge in [0.1, 0.15) is 5.69 Å². The van der Waals surface area contributed by atoms with Crippen molar-refractivity contribution >= 4 is 11.6 Å². The first kappa shape index (κ1) is 16.1. The Labute approximate surface area is 125 Å². The molecule has 1 aromatic carbocycles. The molecule has 0 radical (unpaired) electrons. The van der Waals surface area contributed by atoms with Gasteiger partial charge in [-0.2, -0.15) is 5.10 Å². The van der Waals surface area contributed by atoms with Crippen LogP contribution in [0.15, 0.2) is 18.2 Å². The zero-order valence-corrected chi connectivity index (χ0v) is 12.7. The van der Waals surface area contributed by atoms with Crippen molar-refractivity contribution in [3.8, 4) is 0 Å². The van der Waals surface area contributed by atoms with Crippen molar-refractivity contribution in [1.82, 2.24) is 9.78 Å². The third-order valence-corrected chi connectivity index (χ3v) is 3.16. The quantitative estimate of drug-likeness (QED) is 0.864. The lowest BCUT2D eigenvalue weighted by Gasteiger charge is -2.13. The van der Waals surface area contributed by atoms with Crippen LogP contribution in [0.25, 0.3) is 0 Å². The highest BCUT2D eigenvalue weighted by Gasteiger charge is 2.23. The zero-order valence-electron chi connectivity index (χ0n) is 12.7. The summed E-state index contributed by atoms with van der Waals surface area (Å²) in [5.41, 5.74) is 0.186. The molecule has 0 aliphatic carbocycles. The fourth-order valence-corrected chi connectivity index (χ4v) is 1.86. The van der Waals surface area contributed by atoms with Crippen molar-refractivity contribution in [3.63, 3.8) is 0 Å². The number of nitrogens with one attached hydrogen (secondary N) is 1. The fourth-order valence-electron chi connectivity index (χ4n) is 1.86. The van der Waals surface area contributed by atoms with Crippen LogP contribution in [0, 0.1) is 17.5 Å². The number of rotatable bonds is 2. The lowest BCUT2D eigenvalue weighted by atomic mass is 9.92. The lowest BCUT2D eigenvalue weighted by molar-refractivity contribution is 0.101. The maximum Gasteiger partial charge on any atom is 0.274 e. The molecule has 0 saturated heterocycles. The summed E-state index contributed by atoms with van der Waals surface area (Å²) in [4.78, 5) is 12.2. The number of benzene rings is 1. The van der Waals surface area contributed by atoms with Gasteiger partial charge in [-0.3, -0.25) is 9.48 Å². The molecular formula is C15H16F3N3O. The van der Waals surface area contributed by atoms with Gasteiger partial charge in [-0.05, 0) is 18.2 Å². The molecular weight excluding hydrogens is 295 g/mol. The van der Waals surface area contributed by atoms with Crippen LogP contribution in [0.5, 0.6) is 0 Å². The zero-order chi connectivity index (χ0) is 16.7. The summed E-state index contributed by atoms with van der Waals surface area (Å²) < 4.78 is 41.0. The van der Waals surface area contributed by atoms with E-state index in [0.29, 0.717) is 5.69 Å². The van der Waals surface area contributed by atoms with Crippen LogP contribution in [-0.4, -0.2) is 15.7 Å². The second kappa shape index (κ2) is 5.47. The third-order valence-electron chi connectivity index (χ3n) is 3.16. The van der Waals surface area contributed by atoms with E-state index in [0.717, 1.165) is 12.1 Å². The Kier molecular flexibility index (Phi) is 4.00. The number of hydrogen-bond donors (Lipinski definition) is 1. The molecule has 1 heterocycles. The number of amides is 1. The van der Waals surface area contributed by atoms with E-state index in [2.05, 4.69) is 10.4 Å². The van der Waals surface area contributed by atoms with Crippen LogP contribution in [0.1, 0.15) is 37.0 Å². The molecule has 1 N–H and O–H groups in total. The first-order chi connectivity index (χ1) is 10.1. The largest absolute Gasteiger partial charge is 0.318 e. The van der Waals surface area contributed by atoms with Crippen molar-refractivity contribution in [3.05, 3.63) is 47.0 Å². The minimum absolute atomic E-state index is 0.189. The summed E-state index contributed by atoms with van der Waals surface area (Å²) in [7, 11) is 1.58.